The van der Waals surface area contributed by atoms with Gasteiger partial charge in [0.25, 0.3) is 0 Å². The van der Waals surface area contributed by atoms with Crippen molar-refractivity contribution < 1.29 is 18.3 Å². The Morgan fingerprint density at radius 1 is 1.50 bits per heavy atom. The van der Waals surface area contributed by atoms with Gasteiger partial charge < -0.3 is 5.11 Å². The molecule has 0 saturated carbocycles. The van der Waals surface area contributed by atoms with Crippen molar-refractivity contribution in [2.24, 2.45) is 0 Å². The first-order valence-corrected chi connectivity index (χ1v) is 10.4. The van der Waals surface area contributed by atoms with Gasteiger partial charge in [-0.25, -0.2) is 17.9 Å². The minimum absolute atomic E-state index is 0.0702. The standard InChI is InChI=1S/C11H15NO4S4/c1-7-4-9(19-10(7)11(13)14)20(15,16)12-5-8-6-17-2-3-18-8/h4,8,12H,2-3,5-6H2,1H3,(H,13,14). The highest BCUT2D eigenvalue weighted by Gasteiger charge is 2.23. The van der Waals surface area contributed by atoms with Gasteiger partial charge in [0.05, 0.1) is 0 Å². The van der Waals surface area contributed by atoms with Crippen molar-refractivity contribution in [3.8, 4) is 0 Å². The Morgan fingerprint density at radius 3 is 2.80 bits per heavy atom. The lowest BCUT2D eigenvalue weighted by molar-refractivity contribution is 0.0701. The minimum atomic E-state index is -3.61. The Kier molecular flexibility index (Phi) is 5.41. The maximum absolute atomic E-state index is 12.2. The summed E-state index contributed by atoms with van der Waals surface area (Å²) in [5.41, 5.74) is 0.477. The van der Waals surface area contributed by atoms with Crippen LogP contribution < -0.4 is 4.72 Å². The molecule has 2 rings (SSSR count). The molecule has 0 amide bonds. The van der Waals surface area contributed by atoms with Gasteiger partial charge in [-0.1, -0.05) is 0 Å². The van der Waals surface area contributed by atoms with Crippen LogP contribution in [0.5, 0.6) is 0 Å². The number of carbonyl (C=O) groups is 1. The molecular formula is C11H15NO4S4. The highest BCUT2D eigenvalue weighted by Crippen LogP contribution is 2.27. The molecule has 1 aliphatic rings. The number of hydrogen-bond acceptors (Lipinski definition) is 6. The molecule has 1 aliphatic heterocycles. The molecule has 5 nitrogen and oxygen atoms in total. The van der Waals surface area contributed by atoms with Crippen LogP contribution in [0.2, 0.25) is 0 Å². The summed E-state index contributed by atoms with van der Waals surface area (Å²) in [6.07, 6.45) is 0. The van der Waals surface area contributed by atoms with Crippen LogP contribution in [0.1, 0.15) is 15.2 Å². The van der Waals surface area contributed by atoms with Gasteiger partial charge in [0.15, 0.2) is 0 Å². The summed E-state index contributed by atoms with van der Waals surface area (Å²) in [6.45, 7) is 1.99. The molecule has 112 valence electrons. The van der Waals surface area contributed by atoms with Crippen LogP contribution in [0, 0.1) is 6.92 Å². The lowest BCUT2D eigenvalue weighted by atomic mass is 10.3. The second kappa shape index (κ2) is 6.69. The first-order chi connectivity index (χ1) is 9.40. The monoisotopic (exact) mass is 353 g/mol. The van der Waals surface area contributed by atoms with Gasteiger partial charge in [-0.05, 0) is 18.6 Å². The molecule has 2 N–H and O–H groups in total. The van der Waals surface area contributed by atoms with Crippen LogP contribution in [0.3, 0.4) is 0 Å². The smallest absolute Gasteiger partial charge is 0.346 e. The van der Waals surface area contributed by atoms with Crippen molar-refractivity contribution in [1.82, 2.24) is 4.72 Å². The first-order valence-electron chi connectivity index (χ1n) is 5.93. The highest BCUT2D eigenvalue weighted by molar-refractivity contribution is 8.06. The molecule has 0 bridgehead atoms. The quantitative estimate of drug-likeness (QED) is 0.841. The zero-order chi connectivity index (χ0) is 14.8. The van der Waals surface area contributed by atoms with Gasteiger partial charge in [-0.2, -0.15) is 23.5 Å². The average molecular weight is 354 g/mol. The van der Waals surface area contributed by atoms with Crippen LogP contribution in [0.4, 0.5) is 0 Å². The van der Waals surface area contributed by atoms with Crippen LogP contribution in [-0.4, -0.2) is 48.5 Å². The fraction of sp³-hybridized carbons (Fsp3) is 0.545. The maximum atomic E-state index is 12.2. The van der Waals surface area contributed by atoms with Crippen LogP contribution >= 0.6 is 34.9 Å². The van der Waals surface area contributed by atoms with Crippen LogP contribution in [0.25, 0.3) is 0 Å². The molecule has 1 atom stereocenters. The molecule has 20 heavy (non-hydrogen) atoms. The second-order valence-corrected chi connectivity index (χ2v) is 9.91. The molecule has 2 heterocycles. The van der Waals surface area contributed by atoms with Crippen molar-refractivity contribution in [3.05, 3.63) is 16.5 Å². The fourth-order valence-corrected chi connectivity index (χ4v) is 6.95. The Balaban J connectivity index is 2.06. The molecule has 0 aliphatic carbocycles. The largest absolute Gasteiger partial charge is 0.477 e. The zero-order valence-corrected chi connectivity index (χ0v) is 14.1. The third-order valence-electron chi connectivity index (χ3n) is 2.74. The van der Waals surface area contributed by atoms with Crippen molar-refractivity contribution in [1.29, 1.82) is 0 Å². The van der Waals surface area contributed by atoms with Gasteiger partial charge in [0.1, 0.15) is 9.09 Å². The highest BCUT2D eigenvalue weighted by atomic mass is 32.2. The third-order valence-corrected chi connectivity index (χ3v) is 8.71. The molecule has 0 aromatic carbocycles. The molecule has 1 aromatic heterocycles. The van der Waals surface area contributed by atoms with Crippen molar-refractivity contribution in [3.63, 3.8) is 0 Å². The summed E-state index contributed by atoms with van der Waals surface area (Å²) in [6, 6.07) is 1.42. The Bertz CT molecular complexity index is 590. The molecule has 1 aromatic rings. The summed E-state index contributed by atoms with van der Waals surface area (Å²) in [4.78, 5) is 11.0. The molecule has 1 fully saturated rings. The Hall–Kier alpha value is -0.220. The number of aromatic carboxylic acids is 1. The van der Waals surface area contributed by atoms with E-state index in [0.29, 0.717) is 12.1 Å². The number of thioether (sulfide) groups is 2. The predicted molar refractivity (Wildman–Crippen MR) is 84.8 cm³/mol. The van der Waals surface area contributed by atoms with E-state index >= 15 is 0 Å². The normalized spacial score (nSPS) is 19.9. The molecule has 1 saturated heterocycles. The van der Waals surface area contributed by atoms with E-state index in [1.165, 1.54) is 6.07 Å². The lowest BCUT2D eigenvalue weighted by Crippen LogP contribution is -2.33. The first kappa shape index (κ1) is 16.2. The molecular weight excluding hydrogens is 338 g/mol. The van der Waals surface area contributed by atoms with Gasteiger partial charge in [0, 0.05) is 29.1 Å². The second-order valence-electron chi connectivity index (χ2n) is 4.30. The number of aryl methyl sites for hydroxylation is 1. The summed E-state index contributed by atoms with van der Waals surface area (Å²) in [5, 5.41) is 9.25. The number of thiophene rings is 1. The van der Waals surface area contributed by atoms with E-state index in [9.17, 15) is 13.2 Å². The third kappa shape index (κ3) is 3.91. The number of carboxylic acids is 1. The summed E-state index contributed by atoms with van der Waals surface area (Å²) < 4.78 is 27.0. The average Bonchev–Trinajstić information content (AvgIpc) is 2.81. The molecule has 0 spiro atoms. The van der Waals surface area contributed by atoms with E-state index in [0.717, 1.165) is 28.6 Å². The molecule has 9 heteroatoms. The predicted octanol–water partition coefficient (Wildman–Crippen LogP) is 1.88. The summed E-state index contributed by atoms with van der Waals surface area (Å²) in [7, 11) is -3.61. The lowest BCUT2D eigenvalue weighted by Gasteiger charge is -2.20. The molecule has 0 radical (unpaired) electrons. The Labute approximate surface area is 130 Å². The van der Waals surface area contributed by atoms with Crippen molar-refractivity contribution >= 4 is 50.9 Å². The van der Waals surface area contributed by atoms with E-state index in [1.807, 2.05) is 11.8 Å². The van der Waals surface area contributed by atoms with E-state index in [1.54, 1.807) is 18.7 Å². The number of nitrogens with one attached hydrogen (secondary N) is 1. The molecule has 1 unspecified atom stereocenters. The van der Waals surface area contributed by atoms with E-state index < -0.39 is 16.0 Å². The SMILES string of the molecule is Cc1cc(S(=O)(=O)NCC2CSCCS2)sc1C(=O)O. The van der Waals surface area contributed by atoms with Crippen molar-refractivity contribution in [2.75, 3.05) is 23.8 Å². The summed E-state index contributed by atoms with van der Waals surface area (Å²) in [5.74, 6) is 2.00. The topological polar surface area (TPSA) is 83.5 Å². The van der Waals surface area contributed by atoms with Gasteiger partial charge in [-0.15, -0.1) is 11.3 Å². The number of hydrogen-bond donors (Lipinski definition) is 2. The summed E-state index contributed by atoms with van der Waals surface area (Å²) >= 11 is 4.40. The van der Waals surface area contributed by atoms with E-state index in [2.05, 4.69) is 4.72 Å². The van der Waals surface area contributed by atoms with Gasteiger partial charge in [0.2, 0.25) is 10.0 Å². The number of sulfonamides is 1. The fourth-order valence-electron chi connectivity index (χ4n) is 1.73. The van der Waals surface area contributed by atoms with Crippen molar-refractivity contribution in [2.45, 2.75) is 16.4 Å². The number of rotatable bonds is 5. The minimum Gasteiger partial charge on any atom is -0.477 e. The van der Waals surface area contributed by atoms with E-state index in [4.69, 9.17) is 5.11 Å². The van der Waals surface area contributed by atoms with Crippen LogP contribution in [0.15, 0.2) is 10.3 Å². The Morgan fingerprint density at radius 2 is 2.25 bits per heavy atom. The maximum Gasteiger partial charge on any atom is 0.346 e. The van der Waals surface area contributed by atoms with E-state index in [-0.39, 0.29) is 14.3 Å². The van der Waals surface area contributed by atoms with Gasteiger partial charge in [-0.3, -0.25) is 0 Å². The van der Waals surface area contributed by atoms with Gasteiger partial charge >= 0.3 is 5.97 Å². The zero-order valence-electron chi connectivity index (χ0n) is 10.8. The number of carboxylic acid groups (broad SMARTS) is 1. The van der Waals surface area contributed by atoms with Crippen LogP contribution in [-0.2, 0) is 10.0 Å².